The van der Waals surface area contributed by atoms with Gasteiger partial charge >= 0.3 is 0 Å². The number of nitrogens with two attached hydrogens (primary N) is 1. The van der Waals surface area contributed by atoms with E-state index in [1.54, 1.807) is 0 Å². The summed E-state index contributed by atoms with van der Waals surface area (Å²) in [4.78, 5) is 11.7. The Morgan fingerprint density at radius 3 is 2.78 bits per heavy atom. The molecule has 1 aromatic rings. The topological polar surface area (TPSA) is 64.3 Å². The quantitative estimate of drug-likeness (QED) is 0.626. The van der Waals surface area contributed by atoms with Crippen LogP contribution in [0.15, 0.2) is 16.6 Å². The maximum atomic E-state index is 11.7. The van der Waals surface area contributed by atoms with E-state index in [1.807, 2.05) is 26.0 Å². The van der Waals surface area contributed by atoms with E-state index < -0.39 is 0 Å². The normalized spacial score (nSPS) is 10.4. The van der Waals surface area contributed by atoms with Crippen LogP contribution in [0.1, 0.15) is 25.3 Å². The SMILES string of the molecule is CCCOCCC(=O)Nc1c(N)cc(C)cc1Br. The molecule has 1 amide bonds. The minimum absolute atomic E-state index is 0.0950. The summed E-state index contributed by atoms with van der Waals surface area (Å²) in [5, 5.41) is 2.79. The van der Waals surface area contributed by atoms with Crippen molar-refractivity contribution in [1.82, 2.24) is 0 Å². The fourth-order valence-corrected chi connectivity index (χ4v) is 2.20. The van der Waals surface area contributed by atoms with E-state index in [9.17, 15) is 4.79 Å². The Labute approximate surface area is 116 Å². The third-order valence-electron chi connectivity index (χ3n) is 2.35. The van der Waals surface area contributed by atoms with Crippen molar-refractivity contribution in [2.24, 2.45) is 0 Å². The molecule has 18 heavy (non-hydrogen) atoms. The molecule has 0 aliphatic heterocycles. The molecule has 3 N–H and O–H groups in total. The number of amides is 1. The smallest absolute Gasteiger partial charge is 0.226 e. The minimum atomic E-state index is -0.0950. The van der Waals surface area contributed by atoms with Gasteiger partial charge in [-0.2, -0.15) is 0 Å². The van der Waals surface area contributed by atoms with Gasteiger partial charge in [0, 0.05) is 11.1 Å². The first-order valence-electron chi connectivity index (χ1n) is 5.97. The molecule has 0 fully saturated rings. The Balaban J connectivity index is 2.54. The molecule has 0 radical (unpaired) electrons. The third kappa shape index (κ3) is 4.66. The number of aryl methyl sites for hydroxylation is 1. The van der Waals surface area contributed by atoms with Crippen LogP contribution in [0.3, 0.4) is 0 Å². The van der Waals surface area contributed by atoms with Crippen molar-refractivity contribution in [2.45, 2.75) is 26.7 Å². The molecule has 0 atom stereocenters. The summed E-state index contributed by atoms with van der Waals surface area (Å²) >= 11 is 3.39. The fraction of sp³-hybridized carbons (Fsp3) is 0.462. The van der Waals surface area contributed by atoms with Crippen LogP contribution in [0, 0.1) is 6.92 Å². The van der Waals surface area contributed by atoms with Gasteiger partial charge in [-0.15, -0.1) is 0 Å². The van der Waals surface area contributed by atoms with Crippen LogP contribution in [0.5, 0.6) is 0 Å². The van der Waals surface area contributed by atoms with E-state index >= 15 is 0 Å². The number of ether oxygens (including phenoxy) is 1. The van der Waals surface area contributed by atoms with E-state index in [2.05, 4.69) is 21.2 Å². The molecular weight excluding hydrogens is 296 g/mol. The molecule has 0 unspecified atom stereocenters. The number of anilines is 2. The van der Waals surface area contributed by atoms with Gasteiger partial charge in [-0.3, -0.25) is 4.79 Å². The number of hydrogen-bond donors (Lipinski definition) is 2. The molecule has 0 aliphatic carbocycles. The minimum Gasteiger partial charge on any atom is -0.397 e. The predicted molar refractivity (Wildman–Crippen MR) is 77.6 cm³/mol. The molecule has 0 saturated heterocycles. The van der Waals surface area contributed by atoms with E-state index in [0.717, 1.165) is 16.5 Å². The van der Waals surface area contributed by atoms with Crippen molar-refractivity contribution in [3.63, 3.8) is 0 Å². The van der Waals surface area contributed by atoms with Gasteiger partial charge in [0.05, 0.1) is 24.4 Å². The van der Waals surface area contributed by atoms with Gasteiger partial charge in [-0.1, -0.05) is 6.92 Å². The van der Waals surface area contributed by atoms with E-state index in [-0.39, 0.29) is 5.91 Å². The predicted octanol–water partition coefficient (Wildman–Crippen LogP) is 3.09. The third-order valence-corrected chi connectivity index (χ3v) is 2.98. The van der Waals surface area contributed by atoms with Crippen LogP contribution < -0.4 is 11.1 Å². The summed E-state index contributed by atoms with van der Waals surface area (Å²) < 4.78 is 6.06. The Bertz CT molecular complexity index is 398. The average Bonchev–Trinajstić information content (AvgIpc) is 2.29. The molecule has 1 rings (SSSR count). The summed E-state index contributed by atoms with van der Waals surface area (Å²) in [6.45, 7) is 5.10. The molecule has 0 aliphatic rings. The highest BCUT2D eigenvalue weighted by molar-refractivity contribution is 9.10. The van der Waals surface area contributed by atoms with Gasteiger partial charge in [-0.25, -0.2) is 0 Å². The fourth-order valence-electron chi connectivity index (χ4n) is 1.51. The zero-order valence-corrected chi connectivity index (χ0v) is 12.3. The van der Waals surface area contributed by atoms with Crippen LogP contribution in [0.2, 0.25) is 0 Å². The summed E-state index contributed by atoms with van der Waals surface area (Å²) in [6, 6.07) is 3.74. The van der Waals surface area contributed by atoms with Gasteiger partial charge in [0.15, 0.2) is 0 Å². The first-order valence-corrected chi connectivity index (χ1v) is 6.77. The van der Waals surface area contributed by atoms with Gasteiger partial charge in [0.1, 0.15) is 0 Å². The Morgan fingerprint density at radius 1 is 1.44 bits per heavy atom. The molecule has 0 bridgehead atoms. The molecule has 100 valence electrons. The van der Waals surface area contributed by atoms with Gasteiger partial charge in [-0.05, 0) is 47.0 Å². The van der Waals surface area contributed by atoms with Crippen molar-refractivity contribution >= 4 is 33.2 Å². The first-order chi connectivity index (χ1) is 8.54. The monoisotopic (exact) mass is 314 g/mol. The molecule has 0 saturated carbocycles. The maximum absolute atomic E-state index is 11.7. The highest BCUT2D eigenvalue weighted by atomic mass is 79.9. The van der Waals surface area contributed by atoms with Crippen molar-refractivity contribution in [3.8, 4) is 0 Å². The van der Waals surface area contributed by atoms with Crippen LogP contribution >= 0.6 is 15.9 Å². The first kappa shape index (κ1) is 15.0. The number of benzene rings is 1. The zero-order valence-electron chi connectivity index (χ0n) is 10.8. The van der Waals surface area contributed by atoms with Crippen LogP contribution in [-0.4, -0.2) is 19.1 Å². The van der Waals surface area contributed by atoms with Crippen molar-refractivity contribution in [2.75, 3.05) is 24.3 Å². The van der Waals surface area contributed by atoms with Crippen molar-refractivity contribution < 1.29 is 9.53 Å². The van der Waals surface area contributed by atoms with Gasteiger partial charge in [0.25, 0.3) is 0 Å². The Hall–Kier alpha value is -1.07. The summed E-state index contributed by atoms with van der Waals surface area (Å²) in [5.41, 5.74) is 8.10. The van der Waals surface area contributed by atoms with Crippen molar-refractivity contribution in [3.05, 3.63) is 22.2 Å². The van der Waals surface area contributed by atoms with E-state index in [0.29, 0.717) is 31.0 Å². The second-order valence-electron chi connectivity index (χ2n) is 4.12. The molecule has 0 heterocycles. The van der Waals surface area contributed by atoms with E-state index in [4.69, 9.17) is 10.5 Å². The number of nitrogens with one attached hydrogen (secondary N) is 1. The number of hydrogen-bond acceptors (Lipinski definition) is 3. The molecule has 5 heteroatoms. The lowest BCUT2D eigenvalue weighted by Crippen LogP contribution is -2.15. The Morgan fingerprint density at radius 2 is 2.17 bits per heavy atom. The number of carbonyl (C=O) groups excluding carboxylic acids is 1. The van der Waals surface area contributed by atoms with E-state index in [1.165, 1.54) is 0 Å². The van der Waals surface area contributed by atoms with Gasteiger partial charge < -0.3 is 15.8 Å². The van der Waals surface area contributed by atoms with Crippen LogP contribution in [0.4, 0.5) is 11.4 Å². The highest BCUT2D eigenvalue weighted by Crippen LogP contribution is 2.30. The molecular formula is C13H19BrN2O2. The molecule has 0 aromatic heterocycles. The molecule has 4 nitrogen and oxygen atoms in total. The largest absolute Gasteiger partial charge is 0.397 e. The van der Waals surface area contributed by atoms with Gasteiger partial charge in [0.2, 0.25) is 5.91 Å². The lowest BCUT2D eigenvalue weighted by Gasteiger charge is -2.11. The van der Waals surface area contributed by atoms with Crippen molar-refractivity contribution in [1.29, 1.82) is 0 Å². The number of carbonyl (C=O) groups is 1. The summed E-state index contributed by atoms with van der Waals surface area (Å²) in [6.07, 6.45) is 1.29. The lowest BCUT2D eigenvalue weighted by atomic mass is 10.2. The Kier molecular flexibility index (Phi) is 6.15. The molecule has 1 aromatic carbocycles. The highest BCUT2D eigenvalue weighted by Gasteiger charge is 2.09. The standard InChI is InChI=1S/C13H19BrN2O2/c1-3-5-18-6-4-12(17)16-13-10(14)7-9(2)8-11(13)15/h7-8H,3-6,15H2,1-2H3,(H,16,17). The zero-order chi connectivity index (χ0) is 13.5. The van der Waals surface area contributed by atoms with Crippen LogP contribution in [-0.2, 0) is 9.53 Å². The molecule has 0 spiro atoms. The maximum Gasteiger partial charge on any atom is 0.226 e. The second kappa shape index (κ2) is 7.38. The number of halogens is 1. The number of rotatable bonds is 6. The summed E-state index contributed by atoms with van der Waals surface area (Å²) in [5.74, 6) is -0.0950. The lowest BCUT2D eigenvalue weighted by molar-refractivity contribution is -0.117. The summed E-state index contributed by atoms with van der Waals surface area (Å²) in [7, 11) is 0. The number of nitrogen functional groups attached to an aromatic ring is 1. The van der Waals surface area contributed by atoms with Crippen LogP contribution in [0.25, 0.3) is 0 Å². The average molecular weight is 315 g/mol. The second-order valence-corrected chi connectivity index (χ2v) is 4.98.